The molecule has 1 fully saturated rings. The molecule has 2 atom stereocenters. The monoisotopic (exact) mass is 316 g/mol. The second-order valence-corrected chi connectivity index (χ2v) is 6.03. The van der Waals surface area contributed by atoms with Crippen LogP contribution < -0.4 is 20.1 Å². The summed E-state index contributed by atoms with van der Waals surface area (Å²) in [5.74, 6) is 1.49. The number of thiocarbonyl (C=S) groups is 1. The van der Waals surface area contributed by atoms with Crippen molar-refractivity contribution in [2.45, 2.75) is 18.9 Å². The van der Waals surface area contributed by atoms with Crippen LogP contribution >= 0.6 is 12.2 Å². The summed E-state index contributed by atoms with van der Waals surface area (Å²) < 4.78 is 11.2. The van der Waals surface area contributed by atoms with Gasteiger partial charge < -0.3 is 20.1 Å². The highest BCUT2D eigenvalue weighted by molar-refractivity contribution is 7.80. The Hall–Kier alpha value is -2.08. The number of ether oxygens (including phenoxy) is 2. The Morgan fingerprint density at radius 3 is 2.86 bits per heavy atom. The number of carbonyl (C=O) groups excluding carboxylic acids is 1. The molecule has 0 unspecified atom stereocenters. The third-order valence-electron chi connectivity index (χ3n) is 4.24. The molecular formula is C16H16N2O3S. The Bertz CT molecular complexity index is 686. The molecule has 0 aromatic heterocycles. The fraction of sp³-hybridized carbons (Fsp3) is 0.375. The summed E-state index contributed by atoms with van der Waals surface area (Å²) in [7, 11) is 0. The first-order valence-electron chi connectivity index (χ1n) is 7.42. The van der Waals surface area contributed by atoms with Crippen molar-refractivity contribution < 1.29 is 14.3 Å². The third-order valence-corrected chi connectivity index (χ3v) is 4.46. The van der Waals surface area contributed by atoms with E-state index in [1.165, 1.54) is 0 Å². The average molecular weight is 316 g/mol. The van der Waals surface area contributed by atoms with Gasteiger partial charge in [0, 0.05) is 12.1 Å². The molecule has 2 aliphatic heterocycles. The van der Waals surface area contributed by atoms with Crippen molar-refractivity contribution >= 4 is 23.1 Å². The fourth-order valence-electron chi connectivity index (χ4n) is 3.24. The van der Waals surface area contributed by atoms with Crippen LogP contribution in [0.3, 0.4) is 0 Å². The molecule has 0 spiro atoms. The normalized spacial score (nSPS) is 26.5. The van der Waals surface area contributed by atoms with E-state index in [1.807, 2.05) is 18.2 Å². The Balaban J connectivity index is 1.73. The van der Waals surface area contributed by atoms with Crippen LogP contribution in [0.15, 0.2) is 30.0 Å². The lowest BCUT2D eigenvalue weighted by Crippen LogP contribution is -2.51. The molecule has 6 heteroatoms. The van der Waals surface area contributed by atoms with Gasteiger partial charge in [0.25, 0.3) is 0 Å². The summed E-state index contributed by atoms with van der Waals surface area (Å²) in [5.41, 5.74) is 1.90. The summed E-state index contributed by atoms with van der Waals surface area (Å²) in [6, 6.07) is 5.65. The van der Waals surface area contributed by atoms with Crippen LogP contribution in [0.1, 0.15) is 24.4 Å². The van der Waals surface area contributed by atoms with Crippen LogP contribution in [-0.2, 0) is 4.79 Å². The van der Waals surface area contributed by atoms with Crippen molar-refractivity contribution in [2.24, 2.45) is 5.92 Å². The van der Waals surface area contributed by atoms with E-state index in [1.54, 1.807) is 0 Å². The quantitative estimate of drug-likeness (QED) is 0.771. The van der Waals surface area contributed by atoms with Crippen LogP contribution in [0.2, 0.25) is 0 Å². The minimum atomic E-state index is -0.219. The molecule has 0 bridgehead atoms. The molecule has 3 aliphatic rings. The summed E-state index contributed by atoms with van der Waals surface area (Å²) >= 11 is 5.28. The molecule has 22 heavy (non-hydrogen) atoms. The smallest absolute Gasteiger partial charge is 0.171 e. The van der Waals surface area contributed by atoms with E-state index in [0.29, 0.717) is 24.7 Å². The van der Waals surface area contributed by atoms with Crippen LogP contribution in [0.5, 0.6) is 11.5 Å². The number of nitrogens with one attached hydrogen (secondary N) is 2. The minimum Gasteiger partial charge on any atom is -0.486 e. The summed E-state index contributed by atoms with van der Waals surface area (Å²) in [6.45, 7) is 1.11. The molecule has 1 aromatic carbocycles. The van der Waals surface area contributed by atoms with Gasteiger partial charge in [0.2, 0.25) is 0 Å². The number of Topliss-reactive ketones (excluding diaryl/α,β-unsaturated/α-hetero) is 1. The van der Waals surface area contributed by atoms with Gasteiger partial charge in [-0.2, -0.15) is 0 Å². The molecule has 0 amide bonds. The van der Waals surface area contributed by atoms with Crippen LogP contribution in [0, 0.1) is 5.92 Å². The predicted molar refractivity (Wildman–Crippen MR) is 84.9 cm³/mol. The summed E-state index contributed by atoms with van der Waals surface area (Å²) in [5, 5.41) is 6.90. The number of fused-ring (bicyclic) bond motifs is 2. The number of ketones is 1. The van der Waals surface area contributed by atoms with Gasteiger partial charge in [-0.3, -0.25) is 4.79 Å². The van der Waals surface area contributed by atoms with Gasteiger partial charge in [0.15, 0.2) is 16.6 Å². The Kier molecular flexibility index (Phi) is 3.26. The molecule has 2 N–H and O–H groups in total. The molecule has 0 radical (unpaired) electrons. The second-order valence-electron chi connectivity index (χ2n) is 5.62. The largest absolute Gasteiger partial charge is 0.486 e. The van der Waals surface area contributed by atoms with E-state index in [0.717, 1.165) is 29.2 Å². The van der Waals surface area contributed by atoms with Gasteiger partial charge in [0.1, 0.15) is 19.0 Å². The average Bonchev–Trinajstić information content (AvgIpc) is 2.53. The first-order valence-corrected chi connectivity index (χ1v) is 7.83. The molecule has 5 nitrogen and oxygen atoms in total. The number of hydrogen-bond donors (Lipinski definition) is 2. The second kappa shape index (κ2) is 5.28. The van der Waals surface area contributed by atoms with E-state index < -0.39 is 0 Å². The zero-order valence-corrected chi connectivity index (χ0v) is 12.7. The van der Waals surface area contributed by atoms with E-state index in [9.17, 15) is 4.79 Å². The highest BCUT2D eigenvalue weighted by Crippen LogP contribution is 2.38. The zero-order valence-electron chi connectivity index (χ0n) is 11.9. The number of allylic oxidation sites excluding steroid dienone is 1. The number of carbonyl (C=O) groups is 1. The Labute approximate surface area is 133 Å². The standard InChI is InChI=1S/C16H16N2O3S/c19-11-3-1-2-10-14(11)15(18-16(22)17-10)9-4-5-12-13(8-9)21-7-6-20-12/h2,4-5,8,14-15H,1,3,6-7H2,(H2,17,18,22)/t14-,15-/m0/s1. The molecular weight excluding hydrogens is 300 g/mol. The SMILES string of the molecule is O=C1CCC=C2NC(=S)N[C@@H](c3ccc4c(c3)OCCO4)[C@H]12. The van der Waals surface area contributed by atoms with Gasteiger partial charge in [-0.05, 0) is 36.3 Å². The lowest BCUT2D eigenvalue weighted by atomic mass is 9.80. The zero-order chi connectivity index (χ0) is 15.1. The summed E-state index contributed by atoms with van der Waals surface area (Å²) in [6.07, 6.45) is 3.42. The highest BCUT2D eigenvalue weighted by atomic mass is 32.1. The Morgan fingerprint density at radius 2 is 2.00 bits per heavy atom. The fourth-order valence-corrected chi connectivity index (χ4v) is 3.49. The summed E-state index contributed by atoms with van der Waals surface area (Å²) in [4.78, 5) is 12.4. The van der Waals surface area contributed by atoms with E-state index in [2.05, 4.69) is 16.7 Å². The van der Waals surface area contributed by atoms with Gasteiger partial charge in [-0.15, -0.1) is 0 Å². The lowest BCUT2D eigenvalue weighted by molar-refractivity contribution is -0.123. The molecule has 114 valence electrons. The molecule has 0 saturated carbocycles. The van der Waals surface area contributed by atoms with Crippen LogP contribution in [0.4, 0.5) is 0 Å². The van der Waals surface area contributed by atoms with Gasteiger partial charge >= 0.3 is 0 Å². The first-order chi connectivity index (χ1) is 10.7. The molecule has 2 heterocycles. The lowest BCUT2D eigenvalue weighted by Gasteiger charge is -2.38. The number of hydrogen-bond acceptors (Lipinski definition) is 4. The maximum Gasteiger partial charge on any atom is 0.171 e. The van der Waals surface area contributed by atoms with E-state index in [-0.39, 0.29) is 17.7 Å². The Morgan fingerprint density at radius 1 is 1.18 bits per heavy atom. The predicted octanol–water partition coefficient (Wildman–Crippen LogP) is 1.84. The maximum atomic E-state index is 12.4. The third kappa shape index (κ3) is 2.23. The molecule has 1 aliphatic carbocycles. The van der Waals surface area contributed by atoms with Crippen molar-refractivity contribution in [3.05, 3.63) is 35.5 Å². The number of rotatable bonds is 1. The van der Waals surface area contributed by atoms with Gasteiger partial charge in [-0.25, -0.2) is 0 Å². The minimum absolute atomic E-state index is 0.163. The van der Waals surface area contributed by atoms with Crippen molar-refractivity contribution in [1.82, 2.24) is 10.6 Å². The van der Waals surface area contributed by atoms with Crippen molar-refractivity contribution in [2.75, 3.05) is 13.2 Å². The maximum absolute atomic E-state index is 12.4. The topological polar surface area (TPSA) is 59.6 Å². The van der Waals surface area contributed by atoms with Gasteiger partial charge in [0.05, 0.1) is 12.0 Å². The van der Waals surface area contributed by atoms with Crippen molar-refractivity contribution in [3.63, 3.8) is 0 Å². The molecule has 1 aromatic rings. The van der Waals surface area contributed by atoms with Gasteiger partial charge in [-0.1, -0.05) is 12.1 Å². The first kappa shape index (κ1) is 13.6. The van der Waals surface area contributed by atoms with Crippen LogP contribution in [-0.4, -0.2) is 24.1 Å². The van der Waals surface area contributed by atoms with E-state index >= 15 is 0 Å². The highest BCUT2D eigenvalue weighted by Gasteiger charge is 2.38. The van der Waals surface area contributed by atoms with E-state index in [4.69, 9.17) is 21.7 Å². The molecule has 4 rings (SSSR count). The molecule has 1 saturated heterocycles. The van der Waals surface area contributed by atoms with Crippen molar-refractivity contribution in [3.8, 4) is 11.5 Å². The number of benzene rings is 1. The van der Waals surface area contributed by atoms with Crippen molar-refractivity contribution in [1.29, 1.82) is 0 Å². The van der Waals surface area contributed by atoms with Crippen LogP contribution in [0.25, 0.3) is 0 Å².